The van der Waals surface area contributed by atoms with E-state index >= 15 is 0 Å². The number of hydrogen-bond donors (Lipinski definition) is 1. The summed E-state index contributed by atoms with van der Waals surface area (Å²) in [6.07, 6.45) is 0.838. The highest BCUT2D eigenvalue weighted by Crippen LogP contribution is 2.20. The first-order valence-electron chi connectivity index (χ1n) is 8.02. The van der Waals surface area contributed by atoms with Gasteiger partial charge in [-0.1, -0.05) is 6.07 Å². The maximum absolute atomic E-state index is 12.4. The van der Waals surface area contributed by atoms with Gasteiger partial charge in [-0.3, -0.25) is 4.79 Å². The van der Waals surface area contributed by atoms with Crippen molar-refractivity contribution in [2.24, 2.45) is 0 Å². The summed E-state index contributed by atoms with van der Waals surface area (Å²) in [6.45, 7) is 3.63. The number of carbonyl (C=O) groups excluding carboxylic acids is 1. The molecule has 1 N–H and O–H groups in total. The molecule has 1 aromatic heterocycles. The number of ether oxygens (including phenoxy) is 2. The molecule has 3 aromatic rings. The predicted octanol–water partition coefficient (Wildman–Crippen LogP) is 2.39. The summed E-state index contributed by atoms with van der Waals surface area (Å²) in [6, 6.07) is 12.6. The molecule has 134 valence electrons. The number of aromatic nitrogens is 4. The van der Waals surface area contributed by atoms with E-state index in [1.807, 2.05) is 25.1 Å². The molecule has 1 heterocycles. The van der Waals surface area contributed by atoms with Crippen LogP contribution in [0.15, 0.2) is 48.8 Å². The van der Waals surface area contributed by atoms with Gasteiger partial charge < -0.3 is 14.8 Å². The van der Waals surface area contributed by atoms with E-state index in [0.717, 1.165) is 17.0 Å². The monoisotopic (exact) mass is 353 g/mol. The minimum Gasteiger partial charge on any atom is -0.497 e. The van der Waals surface area contributed by atoms with Gasteiger partial charge in [0.1, 0.15) is 17.8 Å². The number of aryl methyl sites for hydroxylation is 1. The molecule has 8 heteroatoms. The molecule has 0 radical (unpaired) electrons. The van der Waals surface area contributed by atoms with Crippen LogP contribution in [0.3, 0.4) is 0 Å². The number of carbonyl (C=O) groups is 1. The van der Waals surface area contributed by atoms with Crippen LogP contribution in [0, 0.1) is 6.92 Å². The fraction of sp³-hybridized carbons (Fsp3) is 0.222. The normalized spacial score (nSPS) is 11.7. The SMILES string of the molecule is COc1ccc(OC(C)C(=O)Nc2ccc(C)c(-n3cnnn3)c2)cc1. The molecule has 26 heavy (non-hydrogen) atoms. The van der Waals surface area contributed by atoms with Crippen molar-refractivity contribution in [2.75, 3.05) is 12.4 Å². The van der Waals surface area contributed by atoms with Crippen LogP contribution in [0.2, 0.25) is 0 Å². The van der Waals surface area contributed by atoms with E-state index in [2.05, 4.69) is 20.8 Å². The Morgan fingerprint density at radius 3 is 2.54 bits per heavy atom. The average Bonchev–Trinajstić information content (AvgIpc) is 3.18. The van der Waals surface area contributed by atoms with Gasteiger partial charge in [0.15, 0.2) is 6.10 Å². The second kappa shape index (κ2) is 7.64. The Morgan fingerprint density at radius 1 is 1.15 bits per heavy atom. The zero-order valence-electron chi connectivity index (χ0n) is 14.7. The van der Waals surface area contributed by atoms with Crippen molar-refractivity contribution in [2.45, 2.75) is 20.0 Å². The number of nitrogens with one attached hydrogen (secondary N) is 1. The largest absolute Gasteiger partial charge is 0.497 e. The first-order chi connectivity index (χ1) is 12.6. The summed E-state index contributed by atoms with van der Waals surface area (Å²) in [7, 11) is 1.59. The number of anilines is 1. The van der Waals surface area contributed by atoms with Gasteiger partial charge in [-0.25, -0.2) is 4.68 Å². The van der Waals surface area contributed by atoms with Crippen molar-refractivity contribution < 1.29 is 14.3 Å². The maximum Gasteiger partial charge on any atom is 0.265 e. The molecular formula is C18H19N5O3. The molecule has 0 aliphatic heterocycles. The minimum atomic E-state index is -0.666. The van der Waals surface area contributed by atoms with Gasteiger partial charge in [-0.15, -0.1) is 5.10 Å². The van der Waals surface area contributed by atoms with E-state index in [9.17, 15) is 4.79 Å². The zero-order chi connectivity index (χ0) is 18.5. The van der Waals surface area contributed by atoms with Crippen LogP contribution in [0.1, 0.15) is 12.5 Å². The Morgan fingerprint density at radius 2 is 1.88 bits per heavy atom. The molecule has 3 rings (SSSR count). The van der Waals surface area contributed by atoms with E-state index in [0.29, 0.717) is 11.4 Å². The van der Waals surface area contributed by atoms with Crippen LogP contribution < -0.4 is 14.8 Å². The quantitative estimate of drug-likeness (QED) is 0.732. The highest BCUT2D eigenvalue weighted by molar-refractivity contribution is 5.94. The predicted molar refractivity (Wildman–Crippen MR) is 95.6 cm³/mol. The van der Waals surface area contributed by atoms with Crippen molar-refractivity contribution in [1.82, 2.24) is 20.2 Å². The highest BCUT2D eigenvalue weighted by Gasteiger charge is 2.16. The van der Waals surface area contributed by atoms with E-state index in [4.69, 9.17) is 9.47 Å². The molecule has 0 spiro atoms. The summed E-state index contributed by atoms with van der Waals surface area (Å²) in [5.41, 5.74) is 2.41. The van der Waals surface area contributed by atoms with Gasteiger partial charge in [0.25, 0.3) is 5.91 Å². The Hall–Kier alpha value is -3.42. The fourth-order valence-electron chi connectivity index (χ4n) is 2.36. The van der Waals surface area contributed by atoms with Gasteiger partial charge in [-0.05, 0) is 66.2 Å². The number of amides is 1. The first kappa shape index (κ1) is 17.4. The standard InChI is InChI=1S/C18H19N5O3/c1-12-4-5-14(10-17(12)23-11-19-21-22-23)20-18(24)13(2)26-16-8-6-15(25-3)7-9-16/h4-11,13H,1-3H3,(H,20,24). The van der Waals surface area contributed by atoms with Crippen LogP contribution in [0.5, 0.6) is 11.5 Å². The third-order valence-corrected chi connectivity index (χ3v) is 3.81. The van der Waals surface area contributed by atoms with Gasteiger partial charge in [0, 0.05) is 5.69 Å². The fourth-order valence-corrected chi connectivity index (χ4v) is 2.36. The number of rotatable bonds is 6. The van der Waals surface area contributed by atoms with Crippen LogP contribution in [-0.2, 0) is 4.79 Å². The van der Waals surface area contributed by atoms with Gasteiger partial charge >= 0.3 is 0 Å². The molecule has 0 bridgehead atoms. The summed E-state index contributed by atoms with van der Waals surface area (Å²) in [5.74, 6) is 1.06. The number of tetrazole rings is 1. The Balaban J connectivity index is 1.68. The van der Waals surface area contributed by atoms with Crippen molar-refractivity contribution in [3.63, 3.8) is 0 Å². The topological polar surface area (TPSA) is 91.2 Å². The molecule has 1 atom stereocenters. The lowest BCUT2D eigenvalue weighted by atomic mass is 10.1. The summed E-state index contributed by atoms with van der Waals surface area (Å²) in [4.78, 5) is 12.4. The molecular weight excluding hydrogens is 334 g/mol. The Bertz CT molecular complexity index is 878. The second-order valence-electron chi connectivity index (χ2n) is 5.68. The van der Waals surface area contributed by atoms with Gasteiger partial charge in [0.05, 0.1) is 12.8 Å². The summed E-state index contributed by atoms with van der Waals surface area (Å²) >= 11 is 0. The molecule has 1 amide bonds. The first-order valence-corrected chi connectivity index (χ1v) is 8.02. The maximum atomic E-state index is 12.4. The van der Waals surface area contributed by atoms with E-state index < -0.39 is 6.10 Å². The van der Waals surface area contributed by atoms with Gasteiger partial charge in [-0.2, -0.15) is 0 Å². The van der Waals surface area contributed by atoms with Crippen molar-refractivity contribution in [3.8, 4) is 17.2 Å². The molecule has 0 aliphatic carbocycles. The van der Waals surface area contributed by atoms with E-state index in [-0.39, 0.29) is 5.91 Å². The molecule has 2 aromatic carbocycles. The van der Waals surface area contributed by atoms with Crippen LogP contribution in [0.4, 0.5) is 5.69 Å². The van der Waals surface area contributed by atoms with Crippen LogP contribution in [-0.4, -0.2) is 39.3 Å². The molecule has 0 saturated heterocycles. The van der Waals surface area contributed by atoms with Crippen molar-refractivity contribution in [3.05, 3.63) is 54.4 Å². The van der Waals surface area contributed by atoms with Crippen LogP contribution in [0.25, 0.3) is 5.69 Å². The molecule has 8 nitrogen and oxygen atoms in total. The number of nitrogens with zero attached hydrogens (tertiary/aromatic N) is 4. The summed E-state index contributed by atoms with van der Waals surface area (Å²) in [5, 5.41) is 14.0. The lowest BCUT2D eigenvalue weighted by Crippen LogP contribution is -2.30. The Labute approximate surface area is 150 Å². The lowest BCUT2D eigenvalue weighted by Gasteiger charge is -2.16. The number of methoxy groups -OCH3 is 1. The van der Waals surface area contributed by atoms with Gasteiger partial charge in [0.2, 0.25) is 0 Å². The highest BCUT2D eigenvalue weighted by atomic mass is 16.5. The third kappa shape index (κ3) is 3.97. The summed E-state index contributed by atoms with van der Waals surface area (Å²) < 4.78 is 12.3. The van der Waals surface area contributed by atoms with E-state index in [1.54, 1.807) is 43.0 Å². The smallest absolute Gasteiger partial charge is 0.265 e. The molecule has 0 fully saturated rings. The van der Waals surface area contributed by atoms with Crippen molar-refractivity contribution >= 4 is 11.6 Å². The molecule has 1 unspecified atom stereocenters. The number of benzene rings is 2. The lowest BCUT2D eigenvalue weighted by molar-refractivity contribution is -0.122. The van der Waals surface area contributed by atoms with E-state index in [1.165, 1.54) is 6.33 Å². The molecule has 0 aliphatic rings. The number of hydrogen-bond acceptors (Lipinski definition) is 6. The zero-order valence-corrected chi connectivity index (χ0v) is 14.7. The average molecular weight is 353 g/mol. The van der Waals surface area contributed by atoms with Crippen LogP contribution >= 0.6 is 0 Å². The molecule has 0 saturated carbocycles. The van der Waals surface area contributed by atoms with Crippen molar-refractivity contribution in [1.29, 1.82) is 0 Å². The minimum absolute atomic E-state index is 0.257. The second-order valence-corrected chi connectivity index (χ2v) is 5.68. The third-order valence-electron chi connectivity index (χ3n) is 3.81. The Kier molecular flexibility index (Phi) is 5.12.